The summed E-state index contributed by atoms with van der Waals surface area (Å²) in [5, 5.41) is 13.4. The summed E-state index contributed by atoms with van der Waals surface area (Å²) in [6.45, 7) is 1.61. The van der Waals surface area contributed by atoms with Crippen LogP contribution in [0.1, 0.15) is 16.8 Å². The summed E-state index contributed by atoms with van der Waals surface area (Å²) in [6, 6.07) is 6.07. The fourth-order valence-electron chi connectivity index (χ4n) is 1.94. The summed E-state index contributed by atoms with van der Waals surface area (Å²) in [5.41, 5.74) is 1.28. The van der Waals surface area contributed by atoms with Gasteiger partial charge < -0.3 is 5.11 Å². The summed E-state index contributed by atoms with van der Waals surface area (Å²) in [7, 11) is 0. The van der Waals surface area contributed by atoms with Crippen molar-refractivity contribution in [1.29, 1.82) is 0 Å². The third-order valence-corrected chi connectivity index (χ3v) is 3.14. The highest BCUT2D eigenvalue weighted by atomic mass is 35.5. The van der Waals surface area contributed by atoms with Crippen molar-refractivity contribution in [1.82, 2.24) is 9.78 Å². The van der Waals surface area contributed by atoms with Crippen molar-refractivity contribution in [2.45, 2.75) is 19.9 Å². The zero-order valence-corrected chi connectivity index (χ0v) is 11.7. The first kappa shape index (κ1) is 14.7. The number of hydrogen-bond donors (Lipinski definition) is 1. The first-order chi connectivity index (χ1) is 9.51. The number of aryl methyl sites for hydroxylation is 1. The standard InChI is InChI=1S/C14H14ClFN2O2/c1-9-6-12(17-18(4-5-19)14(9)20)7-10-2-3-11(15)8-13(10)16/h2-3,6,8,19H,4-5,7H2,1H3. The molecule has 0 aliphatic carbocycles. The lowest BCUT2D eigenvalue weighted by Crippen LogP contribution is -2.27. The van der Waals surface area contributed by atoms with E-state index in [2.05, 4.69) is 5.10 Å². The van der Waals surface area contributed by atoms with Crippen molar-refractivity contribution in [3.05, 3.63) is 62.3 Å². The van der Waals surface area contributed by atoms with Crippen LogP contribution in [-0.2, 0) is 13.0 Å². The van der Waals surface area contributed by atoms with Crippen LogP contribution in [0.25, 0.3) is 0 Å². The molecule has 0 unspecified atom stereocenters. The molecule has 0 radical (unpaired) electrons. The maximum atomic E-state index is 13.7. The SMILES string of the molecule is Cc1cc(Cc2ccc(Cl)cc2F)nn(CCO)c1=O. The predicted molar refractivity (Wildman–Crippen MR) is 74.5 cm³/mol. The highest BCUT2D eigenvalue weighted by Gasteiger charge is 2.09. The molecule has 0 aliphatic heterocycles. The fourth-order valence-corrected chi connectivity index (χ4v) is 2.10. The normalized spacial score (nSPS) is 10.8. The Kier molecular flexibility index (Phi) is 4.52. The molecule has 2 aromatic rings. The lowest BCUT2D eigenvalue weighted by Gasteiger charge is -2.08. The van der Waals surface area contributed by atoms with E-state index in [1.165, 1.54) is 10.7 Å². The van der Waals surface area contributed by atoms with Gasteiger partial charge in [-0.1, -0.05) is 17.7 Å². The van der Waals surface area contributed by atoms with Gasteiger partial charge in [-0.05, 0) is 30.7 Å². The van der Waals surface area contributed by atoms with Gasteiger partial charge in [0.15, 0.2) is 0 Å². The van der Waals surface area contributed by atoms with Crippen molar-refractivity contribution < 1.29 is 9.50 Å². The second kappa shape index (κ2) is 6.15. The van der Waals surface area contributed by atoms with Crippen LogP contribution < -0.4 is 5.56 Å². The Hall–Kier alpha value is -1.72. The molecule has 0 bridgehead atoms. The van der Waals surface area contributed by atoms with E-state index in [9.17, 15) is 9.18 Å². The molecule has 106 valence electrons. The Morgan fingerprint density at radius 1 is 1.40 bits per heavy atom. The molecule has 0 saturated carbocycles. The highest BCUT2D eigenvalue weighted by molar-refractivity contribution is 6.30. The van der Waals surface area contributed by atoms with E-state index in [4.69, 9.17) is 16.7 Å². The van der Waals surface area contributed by atoms with E-state index >= 15 is 0 Å². The molecule has 0 atom stereocenters. The largest absolute Gasteiger partial charge is 0.394 e. The number of aliphatic hydroxyl groups is 1. The van der Waals surface area contributed by atoms with Crippen molar-refractivity contribution in [3.63, 3.8) is 0 Å². The van der Waals surface area contributed by atoms with Crippen LogP contribution in [-0.4, -0.2) is 21.5 Å². The van der Waals surface area contributed by atoms with Crippen molar-refractivity contribution in [2.24, 2.45) is 0 Å². The van der Waals surface area contributed by atoms with Gasteiger partial charge in [0.05, 0.1) is 18.8 Å². The third kappa shape index (κ3) is 3.23. The molecule has 0 amide bonds. The molecule has 1 aromatic carbocycles. The Balaban J connectivity index is 2.36. The third-order valence-electron chi connectivity index (χ3n) is 2.90. The van der Waals surface area contributed by atoms with E-state index in [1.54, 1.807) is 25.1 Å². The van der Waals surface area contributed by atoms with Crippen molar-refractivity contribution >= 4 is 11.6 Å². The fraction of sp³-hybridized carbons (Fsp3) is 0.286. The van der Waals surface area contributed by atoms with E-state index < -0.39 is 5.82 Å². The van der Waals surface area contributed by atoms with Gasteiger partial charge in [0.1, 0.15) is 5.82 Å². The minimum Gasteiger partial charge on any atom is -0.394 e. The van der Waals surface area contributed by atoms with Crippen molar-refractivity contribution in [3.8, 4) is 0 Å². The molecule has 4 nitrogen and oxygen atoms in total. The smallest absolute Gasteiger partial charge is 0.269 e. The molecule has 0 saturated heterocycles. The molecule has 6 heteroatoms. The van der Waals surface area contributed by atoms with Crippen LogP contribution in [0.2, 0.25) is 5.02 Å². The highest BCUT2D eigenvalue weighted by Crippen LogP contribution is 2.17. The Morgan fingerprint density at radius 3 is 2.80 bits per heavy atom. The summed E-state index contributed by atoms with van der Waals surface area (Å²) < 4.78 is 14.9. The van der Waals surface area contributed by atoms with E-state index in [1.807, 2.05) is 0 Å². The van der Waals surface area contributed by atoms with Gasteiger partial charge in [0, 0.05) is 17.0 Å². The molecule has 20 heavy (non-hydrogen) atoms. The number of aromatic nitrogens is 2. The van der Waals surface area contributed by atoms with Crippen LogP contribution in [0.3, 0.4) is 0 Å². The van der Waals surface area contributed by atoms with Gasteiger partial charge in [-0.2, -0.15) is 5.10 Å². The minimum absolute atomic E-state index is 0.122. The number of halogens is 2. The second-order valence-electron chi connectivity index (χ2n) is 4.48. The zero-order valence-electron chi connectivity index (χ0n) is 10.9. The van der Waals surface area contributed by atoms with Crippen molar-refractivity contribution in [2.75, 3.05) is 6.61 Å². The van der Waals surface area contributed by atoms with Crippen LogP contribution in [0.5, 0.6) is 0 Å². The minimum atomic E-state index is -0.406. The van der Waals surface area contributed by atoms with E-state index in [-0.39, 0.29) is 25.1 Å². The average molecular weight is 297 g/mol. The monoisotopic (exact) mass is 296 g/mol. The Bertz CT molecular complexity index is 685. The summed E-state index contributed by atoms with van der Waals surface area (Å²) in [5.74, 6) is -0.406. The predicted octanol–water partition coefficient (Wildman–Crippen LogP) is 1.93. The molecule has 0 spiro atoms. The van der Waals surface area contributed by atoms with E-state index in [0.717, 1.165) is 0 Å². The first-order valence-electron chi connectivity index (χ1n) is 6.13. The summed E-state index contributed by atoms with van der Waals surface area (Å²) >= 11 is 5.70. The zero-order chi connectivity index (χ0) is 14.7. The number of nitrogens with zero attached hydrogens (tertiary/aromatic N) is 2. The summed E-state index contributed by atoms with van der Waals surface area (Å²) in [4.78, 5) is 11.8. The maximum absolute atomic E-state index is 13.7. The van der Waals surface area contributed by atoms with Gasteiger partial charge >= 0.3 is 0 Å². The molecule has 1 aromatic heterocycles. The first-order valence-corrected chi connectivity index (χ1v) is 6.51. The molecule has 1 heterocycles. The average Bonchev–Trinajstić information content (AvgIpc) is 2.39. The van der Waals surface area contributed by atoms with Gasteiger partial charge in [-0.3, -0.25) is 4.79 Å². The van der Waals surface area contributed by atoms with Gasteiger partial charge in [0.2, 0.25) is 0 Å². The topological polar surface area (TPSA) is 55.1 Å². The molecule has 1 N–H and O–H groups in total. The Labute approximate surface area is 120 Å². The summed E-state index contributed by atoms with van der Waals surface area (Å²) in [6.07, 6.45) is 0.259. The van der Waals surface area contributed by atoms with Gasteiger partial charge in [0.25, 0.3) is 5.56 Å². The molecule has 0 aliphatic rings. The maximum Gasteiger partial charge on any atom is 0.269 e. The number of rotatable bonds is 4. The van der Waals surface area contributed by atoms with Crippen LogP contribution in [0.15, 0.2) is 29.1 Å². The molecule has 2 rings (SSSR count). The second-order valence-corrected chi connectivity index (χ2v) is 4.92. The number of hydrogen-bond acceptors (Lipinski definition) is 3. The lowest BCUT2D eigenvalue weighted by molar-refractivity contribution is 0.265. The number of aliphatic hydroxyl groups excluding tert-OH is 1. The quantitative estimate of drug-likeness (QED) is 0.938. The van der Waals surface area contributed by atoms with E-state index in [0.29, 0.717) is 21.8 Å². The van der Waals surface area contributed by atoms with Crippen LogP contribution >= 0.6 is 11.6 Å². The van der Waals surface area contributed by atoms with Crippen LogP contribution in [0, 0.1) is 12.7 Å². The van der Waals surface area contributed by atoms with Gasteiger partial charge in [-0.25, -0.2) is 9.07 Å². The van der Waals surface area contributed by atoms with Gasteiger partial charge in [-0.15, -0.1) is 0 Å². The Morgan fingerprint density at radius 2 is 2.15 bits per heavy atom. The molecular weight excluding hydrogens is 283 g/mol. The number of benzene rings is 1. The molecular formula is C14H14ClFN2O2. The lowest BCUT2D eigenvalue weighted by atomic mass is 10.1. The van der Waals surface area contributed by atoms with Crippen LogP contribution in [0.4, 0.5) is 4.39 Å². The molecule has 0 fully saturated rings.